The highest BCUT2D eigenvalue weighted by atomic mass is 19.1. The highest BCUT2D eigenvalue weighted by molar-refractivity contribution is 5.96. The molecule has 0 saturated carbocycles. The van der Waals surface area contributed by atoms with Gasteiger partial charge in [-0.25, -0.2) is 4.39 Å². The van der Waals surface area contributed by atoms with E-state index in [2.05, 4.69) is 17.6 Å². The van der Waals surface area contributed by atoms with Crippen LogP contribution in [0.15, 0.2) is 18.2 Å². The van der Waals surface area contributed by atoms with Crippen molar-refractivity contribution in [2.75, 3.05) is 6.54 Å². The Kier molecular flexibility index (Phi) is 3.81. The van der Waals surface area contributed by atoms with Gasteiger partial charge in [-0.15, -0.1) is 0 Å². The van der Waals surface area contributed by atoms with E-state index in [1.165, 1.54) is 6.07 Å². The number of aromatic hydroxyl groups is 1. The van der Waals surface area contributed by atoms with Crippen LogP contribution in [-0.2, 0) is 0 Å². The van der Waals surface area contributed by atoms with Crippen LogP contribution in [-0.4, -0.2) is 29.6 Å². The Morgan fingerprint density at radius 2 is 2.33 bits per heavy atom. The van der Waals surface area contributed by atoms with Crippen molar-refractivity contribution in [1.29, 1.82) is 0 Å². The molecule has 18 heavy (non-hydrogen) atoms. The number of carbonyl (C=O) groups excluding carboxylic acids is 1. The second kappa shape index (κ2) is 5.35. The third-order valence-corrected chi connectivity index (χ3v) is 3.16. The summed E-state index contributed by atoms with van der Waals surface area (Å²) < 4.78 is 13.0. The summed E-state index contributed by atoms with van der Waals surface area (Å²) in [5.41, 5.74) is -0.0128. The number of carbonyl (C=O) groups is 1. The minimum absolute atomic E-state index is 0.0128. The number of amides is 1. The quantitative estimate of drug-likeness (QED) is 0.745. The maximum Gasteiger partial charge on any atom is 0.255 e. The van der Waals surface area contributed by atoms with E-state index in [-0.39, 0.29) is 17.4 Å². The molecule has 1 saturated heterocycles. The molecule has 1 aromatic rings. The minimum atomic E-state index is -0.531. The lowest BCUT2D eigenvalue weighted by Gasteiger charge is -2.28. The zero-order valence-electron chi connectivity index (χ0n) is 10.2. The fraction of sp³-hybridized carbons (Fsp3) is 0.462. The van der Waals surface area contributed by atoms with Crippen molar-refractivity contribution in [3.05, 3.63) is 29.6 Å². The van der Waals surface area contributed by atoms with Gasteiger partial charge in [0.1, 0.15) is 11.6 Å². The fourth-order valence-corrected chi connectivity index (χ4v) is 2.22. The predicted octanol–water partition coefficient (Wildman–Crippen LogP) is 1.40. The van der Waals surface area contributed by atoms with Gasteiger partial charge in [0.2, 0.25) is 0 Å². The van der Waals surface area contributed by atoms with E-state index in [0.717, 1.165) is 31.5 Å². The van der Waals surface area contributed by atoms with Gasteiger partial charge in [0.25, 0.3) is 5.91 Å². The molecule has 3 N–H and O–H groups in total. The van der Waals surface area contributed by atoms with Crippen molar-refractivity contribution in [1.82, 2.24) is 10.6 Å². The largest absolute Gasteiger partial charge is 0.507 e. The molecule has 0 bridgehead atoms. The summed E-state index contributed by atoms with van der Waals surface area (Å²) in [6.45, 7) is 2.90. The lowest BCUT2D eigenvalue weighted by Crippen LogP contribution is -2.46. The Balaban J connectivity index is 2.05. The van der Waals surface area contributed by atoms with Crippen molar-refractivity contribution < 1.29 is 14.3 Å². The standard InChI is InChI=1S/C13H17FN2O2/c1-8-6-10(4-5-15-8)16-13(18)11-7-9(14)2-3-12(11)17/h2-3,7-8,10,15,17H,4-6H2,1H3,(H,16,18). The molecule has 1 aliphatic heterocycles. The number of halogens is 1. The summed E-state index contributed by atoms with van der Waals surface area (Å²) in [5, 5.41) is 15.7. The monoisotopic (exact) mass is 252 g/mol. The van der Waals surface area contributed by atoms with Crippen molar-refractivity contribution >= 4 is 5.91 Å². The van der Waals surface area contributed by atoms with Crippen molar-refractivity contribution in [3.63, 3.8) is 0 Å². The molecule has 0 radical (unpaired) electrons. The Morgan fingerprint density at radius 1 is 1.56 bits per heavy atom. The summed E-state index contributed by atoms with van der Waals surface area (Å²) in [5.74, 6) is -1.15. The number of nitrogens with one attached hydrogen (secondary N) is 2. The molecule has 1 amide bonds. The van der Waals surface area contributed by atoms with Gasteiger partial charge in [0, 0.05) is 12.1 Å². The number of rotatable bonds is 2. The zero-order valence-corrected chi connectivity index (χ0v) is 10.2. The van der Waals surface area contributed by atoms with Crippen LogP contribution in [0.1, 0.15) is 30.1 Å². The van der Waals surface area contributed by atoms with Gasteiger partial charge in [-0.05, 0) is 44.5 Å². The lowest BCUT2D eigenvalue weighted by atomic mass is 10.00. The van der Waals surface area contributed by atoms with E-state index in [1.807, 2.05) is 0 Å². The van der Waals surface area contributed by atoms with Gasteiger partial charge in [0.15, 0.2) is 0 Å². The lowest BCUT2D eigenvalue weighted by molar-refractivity contribution is 0.0922. The maximum absolute atomic E-state index is 13.0. The van der Waals surface area contributed by atoms with Crippen molar-refractivity contribution in [2.24, 2.45) is 0 Å². The van der Waals surface area contributed by atoms with E-state index in [9.17, 15) is 14.3 Å². The van der Waals surface area contributed by atoms with Gasteiger partial charge in [-0.2, -0.15) is 0 Å². The molecular weight excluding hydrogens is 235 g/mol. The molecule has 2 unspecified atom stereocenters. The molecule has 1 aliphatic rings. The highest BCUT2D eigenvalue weighted by Crippen LogP contribution is 2.18. The van der Waals surface area contributed by atoms with Crippen LogP contribution in [0, 0.1) is 5.82 Å². The van der Waals surface area contributed by atoms with Gasteiger partial charge in [-0.3, -0.25) is 4.79 Å². The van der Waals surface area contributed by atoms with Crippen LogP contribution < -0.4 is 10.6 Å². The molecule has 5 heteroatoms. The number of piperidine rings is 1. The zero-order chi connectivity index (χ0) is 13.1. The molecule has 0 aliphatic carbocycles. The second-order valence-electron chi connectivity index (χ2n) is 4.71. The van der Waals surface area contributed by atoms with Gasteiger partial charge in [0.05, 0.1) is 5.56 Å². The molecular formula is C13H17FN2O2. The number of hydrogen-bond acceptors (Lipinski definition) is 3. The third kappa shape index (κ3) is 2.98. The average molecular weight is 252 g/mol. The van der Waals surface area contributed by atoms with Gasteiger partial charge >= 0.3 is 0 Å². The Hall–Kier alpha value is -1.62. The van der Waals surface area contributed by atoms with Crippen LogP contribution in [0.25, 0.3) is 0 Å². The summed E-state index contributed by atoms with van der Waals surface area (Å²) in [6, 6.07) is 3.78. The maximum atomic E-state index is 13.0. The third-order valence-electron chi connectivity index (χ3n) is 3.16. The Morgan fingerprint density at radius 3 is 3.06 bits per heavy atom. The van der Waals surface area contributed by atoms with E-state index in [1.54, 1.807) is 0 Å². The van der Waals surface area contributed by atoms with E-state index in [0.29, 0.717) is 6.04 Å². The van der Waals surface area contributed by atoms with Crippen LogP contribution in [0.2, 0.25) is 0 Å². The van der Waals surface area contributed by atoms with Crippen molar-refractivity contribution in [3.8, 4) is 5.75 Å². The normalized spacial score (nSPS) is 23.7. The molecule has 0 spiro atoms. The van der Waals surface area contributed by atoms with E-state index < -0.39 is 11.7 Å². The molecule has 4 nitrogen and oxygen atoms in total. The number of phenols is 1. The number of benzene rings is 1. The molecule has 1 fully saturated rings. The topological polar surface area (TPSA) is 61.4 Å². The minimum Gasteiger partial charge on any atom is -0.507 e. The van der Waals surface area contributed by atoms with Crippen molar-refractivity contribution in [2.45, 2.75) is 31.8 Å². The number of phenolic OH excluding ortho intramolecular Hbond substituents is 1. The first-order valence-corrected chi connectivity index (χ1v) is 6.09. The van der Waals surface area contributed by atoms with Gasteiger partial charge < -0.3 is 15.7 Å². The molecule has 98 valence electrons. The summed E-state index contributed by atoms with van der Waals surface area (Å²) in [7, 11) is 0. The fourth-order valence-electron chi connectivity index (χ4n) is 2.22. The van der Waals surface area contributed by atoms with E-state index >= 15 is 0 Å². The summed E-state index contributed by atoms with van der Waals surface area (Å²) in [4.78, 5) is 11.9. The second-order valence-corrected chi connectivity index (χ2v) is 4.71. The summed E-state index contributed by atoms with van der Waals surface area (Å²) in [6.07, 6.45) is 1.67. The molecule has 0 aromatic heterocycles. The van der Waals surface area contributed by atoms with Gasteiger partial charge in [-0.1, -0.05) is 0 Å². The van der Waals surface area contributed by atoms with E-state index in [4.69, 9.17) is 0 Å². The molecule has 2 rings (SSSR count). The molecule has 2 atom stereocenters. The Bertz CT molecular complexity index is 451. The molecule has 1 heterocycles. The number of hydrogen-bond donors (Lipinski definition) is 3. The summed E-state index contributed by atoms with van der Waals surface area (Å²) >= 11 is 0. The average Bonchev–Trinajstić information content (AvgIpc) is 2.32. The smallest absolute Gasteiger partial charge is 0.255 e. The first kappa shape index (κ1) is 12.8. The first-order valence-electron chi connectivity index (χ1n) is 6.09. The first-order chi connectivity index (χ1) is 8.56. The van der Waals surface area contributed by atoms with Crippen LogP contribution in [0.3, 0.4) is 0 Å². The Labute approximate surface area is 105 Å². The van der Waals surface area contributed by atoms with Crippen LogP contribution in [0.5, 0.6) is 5.75 Å². The van der Waals surface area contributed by atoms with Crippen LogP contribution in [0.4, 0.5) is 4.39 Å². The highest BCUT2D eigenvalue weighted by Gasteiger charge is 2.21. The predicted molar refractivity (Wildman–Crippen MR) is 66.0 cm³/mol. The molecule has 1 aromatic carbocycles. The van der Waals surface area contributed by atoms with Crippen LogP contribution >= 0.6 is 0 Å². The SMILES string of the molecule is CC1CC(NC(=O)c2cc(F)ccc2O)CCN1.